The van der Waals surface area contributed by atoms with Crippen molar-refractivity contribution in [3.8, 4) is 0 Å². The zero-order valence-corrected chi connectivity index (χ0v) is 18.8. The highest BCUT2D eigenvalue weighted by atomic mass is 32.2. The fourth-order valence-corrected chi connectivity index (χ4v) is 5.66. The van der Waals surface area contributed by atoms with Gasteiger partial charge in [0.05, 0.1) is 11.3 Å². The van der Waals surface area contributed by atoms with Gasteiger partial charge in [0.25, 0.3) is 10.0 Å². The van der Waals surface area contributed by atoms with Crippen molar-refractivity contribution in [1.29, 1.82) is 0 Å². The molecule has 2 aliphatic heterocycles. The first-order chi connectivity index (χ1) is 15.7. The molecule has 33 heavy (non-hydrogen) atoms. The summed E-state index contributed by atoms with van der Waals surface area (Å²) in [7, 11) is -4.54. The number of aromatic nitrogens is 1. The number of piperidine rings is 1. The van der Waals surface area contributed by atoms with E-state index in [-0.39, 0.29) is 17.1 Å². The molecule has 4 rings (SSSR count). The van der Waals surface area contributed by atoms with Crippen LogP contribution in [0.3, 0.4) is 0 Å². The number of nitrogens with one attached hydrogen (secondary N) is 1. The largest absolute Gasteiger partial charge is 0.478 e. The van der Waals surface area contributed by atoms with Crippen LogP contribution in [-0.2, 0) is 10.0 Å². The molecule has 178 valence electrons. The molecule has 1 aromatic heterocycles. The number of benzene rings is 1. The van der Waals surface area contributed by atoms with Gasteiger partial charge in [0, 0.05) is 25.8 Å². The lowest BCUT2D eigenvalue weighted by atomic mass is 9.97. The maximum Gasteiger partial charge on any atom is 0.337 e. The van der Waals surface area contributed by atoms with E-state index in [1.54, 1.807) is 0 Å². The zero-order valence-electron chi connectivity index (χ0n) is 18.0. The SMILES string of the molecule is O=C(O)c1cnc(N2CCC[C@@H](CN3CCCC3)C2)c(NS(=O)(=O)c2cc(F)ccc2F)c1. The summed E-state index contributed by atoms with van der Waals surface area (Å²) in [5.74, 6) is -2.67. The number of hydrogen-bond acceptors (Lipinski definition) is 6. The fourth-order valence-electron chi connectivity index (χ4n) is 4.52. The Morgan fingerprint density at radius 3 is 2.64 bits per heavy atom. The van der Waals surface area contributed by atoms with Gasteiger partial charge in [-0.2, -0.15) is 0 Å². The minimum absolute atomic E-state index is 0.0830. The molecular weight excluding hydrogens is 454 g/mol. The summed E-state index contributed by atoms with van der Waals surface area (Å²) in [6, 6.07) is 3.28. The third kappa shape index (κ3) is 5.41. The standard InChI is InChI=1S/C22H26F2N4O4S/c23-17-5-6-18(24)20(11-17)33(31,32)26-19-10-16(22(29)30)12-25-21(19)28-9-3-4-15(14-28)13-27-7-1-2-8-27/h5-6,10-12,15,26H,1-4,7-9,13-14H2,(H,29,30)/t15-/m0/s1. The Hall–Kier alpha value is -2.79. The molecule has 1 atom stereocenters. The summed E-state index contributed by atoms with van der Waals surface area (Å²) < 4.78 is 55.7. The number of likely N-dealkylation sites (tertiary alicyclic amines) is 1. The first-order valence-corrected chi connectivity index (χ1v) is 12.4. The Kier molecular flexibility index (Phi) is 6.80. The van der Waals surface area contributed by atoms with Crippen molar-refractivity contribution in [3.63, 3.8) is 0 Å². The maximum absolute atomic E-state index is 14.2. The number of carboxylic acids is 1. The van der Waals surface area contributed by atoms with Gasteiger partial charge in [0.1, 0.15) is 16.5 Å². The molecule has 2 aliphatic rings. The second-order valence-electron chi connectivity index (χ2n) is 8.54. The predicted molar refractivity (Wildman–Crippen MR) is 119 cm³/mol. The number of rotatable bonds is 7. The van der Waals surface area contributed by atoms with Crippen LogP contribution in [-0.4, -0.2) is 62.1 Å². The van der Waals surface area contributed by atoms with Crippen LogP contribution < -0.4 is 9.62 Å². The van der Waals surface area contributed by atoms with Crippen LogP contribution in [0.2, 0.25) is 0 Å². The molecule has 2 saturated heterocycles. The van der Waals surface area contributed by atoms with Crippen LogP contribution in [0.15, 0.2) is 35.4 Å². The van der Waals surface area contributed by atoms with Gasteiger partial charge in [-0.1, -0.05) is 0 Å². The van der Waals surface area contributed by atoms with Crippen LogP contribution in [0.1, 0.15) is 36.0 Å². The molecule has 8 nitrogen and oxygen atoms in total. The van der Waals surface area contributed by atoms with Crippen molar-refractivity contribution in [2.24, 2.45) is 5.92 Å². The number of hydrogen-bond donors (Lipinski definition) is 2. The van der Waals surface area contributed by atoms with Gasteiger partial charge >= 0.3 is 5.97 Å². The number of sulfonamides is 1. The molecule has 0 unspecified atom stereocenters. The van der Waals surface area contributed by atoms with E-state index in [9.17, 15) is 27.1 Å². The first kappa shape index (κ1) is 23.4. The Labute approximate surface area is 191 Å². The van der Waals surface area contributed by atoms with Gasteiger partial charge in [0.15, 0.2) is 5.82 Å². The summed E-state index contributed by atoms with van der Waals surface area (Å²) in [6.07, 6.45) is 5.47. The fraction of sp³-hybridized carbons (Fsp3) is 0.455. The summed E-state index contributed by atoms with van der Waals surface area (Å²) >= 11 is 0. The molecule has 0 spiro atoms. The van der Waals surface area contributed by atoms with Crippen LogP contribution in [0.4, 0.5) is 20.3 Å². The lowest BCUT2D eigenvalue weighted by molar-refractivity contribution is 0.0696. The number of halogens is 2. The Balaban J connectivity index is 1.63. The van der Waals surface area contributed by atoms with Gasteiger partial charge in [-0.25, -0.2) is 27.0 Å². The molecular formula is C22H26F2N4O4S. The van der Waals surface area contributed by atoms with Crippen LogP contribution in [0.25, 0.3) is 0 Å². The van der Waals surface area contributed by atoms with E-state index in [0.29, 0.717) is 25.1 Å². The van der Waals surface area contributed by atoms with Gasteiger partial charge in [-0.05, 0) is 69.0 Å². The average molecular weight is 481 g/mol. The van der Waals surface area contributed by atoms with Gasteiger partial charge in [-0.15, -0.1) is 0 Å². The van der Waals surface area contributed by atoms with Crippen molar-refractivity contribution in [2.45, 2.75) is 30.6 Å². The molecule has 1 aromatic carbocycles. The van der Waals surface area contributed by atoms with E-state index in [1.807, 2.05) is 4.90 Å². The van der Waals surface area contributed by atoms with Crippen LogP contribution in [0.5, 0.6) is 0 Å². The topological polar surface area (TPSA) is 103 Å². The van der Waals surface area contributed by atoms with Gasteiger partial charge in [-0.3, -0.25) is 4.72 Å². The molecule has 0 bridgehead atoms. The van der Waals surface area contributed by atoms with Crippen molar-refractivity contribution in [2.75, 3.05) is 42.3 Å². The quantitative estimate of drug-likeness (QED) is 0.628. The highest BCUT2D eigenvalue weighted by molar-refractivity contribution is 7.92. The summed E-state index contributed by atoms with van der Waals surface area (Å²) in [6.45, 7) is 4.36. The van der Waals surface area contributed by atoms with Gasteiger partial charge < -0.3 is 14.9 Å². The Bertz CT molecular complexity index is 1140. The molecule has 0 aliphatic carbocycles. The summed E-state index contributed by atoms with van der Waals surface area (Å²) in [4.78, 5) is 19.2. The van der Waals surface area contributed by atoms with E-state index in [0.717, 1.165) is 50.7 Å². The van der Waals surface area contributed by atoms with E-state index in [1.165, 1.54) is 19.0 Å². The normalized spacial score (nSPS) is 19.6. The predicted octanol–water partition coefficient (Wildman–Crippen LogP) is 3.17. The molecule has 11 heteroatoms. The molecule has 0 saturated carbocycles. The second-order valence-corrected chi connectivity index (χ2v) is 10.2. The van der Waals surface area contributed by atoms with Crippen molar-refractivity contribution < 1.29 is 27.1 Å². The van der Waals surface area contributed by atoms with Crippen LogP contribution in [0, 0.1) is 17.6 Å². The smallest absolute Gasteiger partial charge is 0.337 e. The van der Waals surface area contributed by atoms with E-state index in [4.69, 9.17) is 0 Å². The van der Waals surface area contributed by atoms with Crippen molar-refractivity contribution in [1.82, 2.24) is 9.88 Å². The molecule has 3 heterocycles. The van der Waals surface area contributed by atoms with E-state index < -0.39 is 32.5 Å². The Morgan fingerprint density at radius 2 is 1.91 bits per heavy atom. The first-order valence-electron chi connectivity index (χ1n) is 10.9. The molecule has 0 radical (unpaired) electrons. The highest BCUT2D eigenvalue weighted by Crippen LogP contribution is 2.31. The minimum atomic E-state index is -4.54. The number of carbonyl (C=O) groups is 1. The highest BCUT2D eigenvalue weighted by Gasteiger charge is 2.28. The molecule has 2 N–H and O–H groups in total. The monoisotopic (exact) mass is 480 g/mol. The third-order valence-corrected chi connectivity index (χ3v) is 7.45. The molecule has 0 amide bonds. The number of aromatic carboxylic acids is 1. The zero-order chi connectivity index (χ0) is 23.6. The van der Waals surface area contributed by atoms with Crippen LogP contribution >= 0.6 is 0 Å². The number of nitrogens with zero attached hydrogens (tertiary/aromatic N) is 3. The minimum Gasteiger partial charge on any atom is -0.478 e. The Morgan fingerprint density at radius 1 is 1.15 bits per heavy atom. The molecule has 2 aromatic rings. The third-order valence-electron chi connectivity index (χ3n) is 6.07. The molecule has 2 fully saturated rings. The maximum atomic E-state index is 14.2. The number of pyridine rings is 1. The van der Waals surface area contributed by atoms with Gasteiger partial charge in [0.2, 0.25) is 0 Å². The summed E-state index contributed by atoms with van der Waals surface area (Å²) in [5.41, 5.74) is -0.304. The lowest BCUT2D eigenvalue weighted by Crippen LogP contribution is -2.41. The van der Waals surface area contributed by atoms with E-state index in [2.05, 4.69) is 14.6 Å². The average Bonchev–Trinajstić information content (AvgIpc) is 3.28. The lowest BCUT2D eigenvalue weighted by Gasteiger charge is -2.36. The number of carboxylic acid groups (broad SMARTS) is 1. The second kappa shape index (κ2) is 9.60. The van der Waals surface area contributed by atoms with E-state index >= 15 is 0 Å². The summed E-state index contributed by atoms with van der Waals surface area (Å²) in [5, 5.41) is 9.36. The van der Waals surface area contributed by atoms with Crippen molar-refractivity contribution in [3.05, 3.63) is 47.7 Å². The number of anilines is 2. The van der Waals surface area contributed by atoms with Crippen molar-refractivity contribution >= 4 is 27.5 Å².